The molecule has 0 atom stereocenters. The summed E-state index contributed by atoms with van der Waals surface area (Å²) in [6.45, 7) is 2.94. The van der Waals surface area contributed by atoms with Gasteiger partial charge in [-0.3, -0.25) is 9.78 Å². The number of para-hydroxylation sites is 1. The average molecular weight is 428 g/mol. The van der Waals surface area contributed by atoms with E-state index in [4.69, 9.17) is 10.5 Å². The van der Waals surface area contributed by atoms with Crippen molar-refractivity contribution in [2.75, 3.05) is 12.3 Å². The number of amides is 1. The Bertz CT molecular complexity index is 1290. The third-order valence-corrected chi connectivity index (χ3v) is 5.60. The van der Waals surface area contributed by atoms with E-state index in [0.717, 1.165) is 29.0 Å². The lowest BCUT2D eigenvalue weighted by Crippen LogP contribution is -2.24. The van der Waals surface area contributed by atoms with E-state index in [-0.39, 0.29) is 11.9 Å². The van der Waals surface area contributed by atoms with Crippen molar-refractivity contribution < 1.29 is 9.53 Å². The predicted octanol–water partition coefficient (Wildman–Crippen LogP) is 3.40. The Balaban J connectivity index is 1.33. The van der Waals surface area contributed by atoms with Crippen LogP contribution < -0.4 is 15.8 Å². The molecule has 3 aromatic heterocycles. The van der Waals surface area contributed by atoms with E-state index in [9.17, 15) is 4.79 Å². The zero-order valence-electron chi connectivity index (χ0n) is 17.8. The number of anilines is 1. The second-order valence-corrected chi connectivity index (χ2v) is 8.09. The normalized spacial score (nSPS) is 13.3. The van der Waals surface area contributed by atoms with Gasteiger partial charge in [0.2, 0.25) is 5.95 Å². The maximum Gasteiger partial charge on any atom is 0.253 e. The van der Waals surface area contributed by atoms with Crippen LogP contribution in [-0.2, 0) is 6.54 Å². The molecule has 0 radical (unpaired) electrons. The first-order valence-corrected chi connectivity index (χ1v) is 10.6. The van der Waals surface area contributed by atoms with Crippen molar-refractivity contribution in [1.82, 2.24) is 24.9 Å². The molecule has 0 saturated heterocycles. The first kappa shape index (κ1) is 20.0. The molecule has 8 nitrogen and oxygen atoms in total. The molecule has 32 heavy (non-hydrogen) atoms. The van der Waals surface area contributed by atoms with Crippen LogP contribution in [0.15, 0.2) is 54.9 Å². The lowest BCUT2D eigenvalue weighted by molar-refractivity contribution is 0.0949. The Morgan fingerprint density at radius 2 is 2.06 bits per heavy atom. The number of nitrogens with one attached hydrogen (secondary N) is 1. The fourth-order valence-corrected chi connectivity index (χ4v) is 3.55. The van der Waals surface area contributed by atoms with Crippen molar-refractivity contribution in [2.24, 2.45) is 5.92 Å². The number of carbonyl (C=O) groups is 1. The lowest BCUT2D eigenvalue weighted by Gasteiger charge is -2.13. The summed E-state index contributed by atoms with van der Waals surface area (Å²) in [6, 6.07) is 13.4. The van der Waals surface area contributed by atoms with E-state index >= 15 is 0 Å². The maximum atomic E-state index is 13.0. The highest BCUT2D eigenvalue weighted by Gasteiger charge is 2.22. The van der Waals surface area contributed by atoms with Crippen molar-refractivity contribution >= 4 is 17.5 Å². The molecule has 1 saturated carbocycles. The van der Waals surface area contributed by atoms with Crippen LogP contribution in [0.1, 0.15) is 34.5 Å². The number of hydrogen-bond acceptors (Lipinski definition) is 6. The van der Waals surface area contributed by atoms with Gasteiger partial charge in [-0.2, -0.15) is 4.98 Å². The van der Waals surface area contributed by atoms with Gasteiger partial charge in [0.1, 0.15) is 5.75 Å². The molecule has 1 aromatic carbocycles. The van der Waals surface area contributed by atoms with Crippen LogP contribution in [0, 0.1) is 12.8 Å². The van der Waals surface area contributed by atoms with Gasteiger partial charge in [-0.05, 0) is 55.5 Å². The summed E-state index contributed by atoms with van der Waals surface area (Å²) in [7, 11) is 0. The number of fused-ring (bicyclic) bond motifs is 1. The van der Waals surface area contributed by atoms with E-state index in [1.165, 1.54) is 12.8 Å². The van der Waals surface area contributed by atoms with Crippen molar-refractivity contribution in [1.29, 1.82) is 0 Å². The third-order valence-electron chi connectivity index (χ3n) is 5.60. The van der Waals surface area contributed by atoms with Gasteiger partial charge in [0.05, 0.1) is 17.9 Å². The standard InChI is InChI=1S/C24H24N6O2/c1-15-20(10-19(13-26-15)17-8-9-30-22(11-17)28-24(25)29-30)23(31)27-12-18-4-2-3-5-21(18)32-14-16-6-7-16/h2-5,8-11,13,16H,6-7,12,14H2,1H3,(H2,25,29)(H,27,31). The number of carbonyl (C=O) groups excluding carboxylic acids is 1. The zero-order valence-corrected chi connectivity index (χ0v) is 17.8. The Kier molecular flexibility index (Phi) is 5.18. The summed E-state index contributed by atoms with van der Waals surface area (Å²) in [5, 5.41) is 7.10. The number of pyridine rings is 2. The van der Waals surface area contributed by atoms with Crippen LogP contribution in [0.25, 0.3) is 16.8 Å². The van der Waals surface area contributed by atoms with Gasteiger partial charge in [-0.15, -0.1) is 5.10 Å². The highest BCUT2D eigenvalue weighted by molar-refractivity contribution is 5.96. The van der Waals surface area contributed by atoms with E-state index < -0.39 is 0 Å². The number of benzene rings is 1. The molecule has 1 amide bonds. The molecule has 3 N–H and O–H groups in total. The molecule has 0 bridgehead atoms. The van der Waals surface area contributed by atoms with Crippen molar-refractivity contribution in [3.63, 3.8) is 0 Å². The number of aryl methyl sites for hydroxylation is 1. The highest BCUT2D eigenvalue weighted by atomic mass is 16.5. The topological polar surface area (TPSA) is 107 Å². The Labute approximate surface area is 185 Å². The van der Waals surface area contributed by atoms with Crippen LogP contribution in [-0.4, -0.2) is 32.1 Å². The van der Waals surface area contributed by atoms with Gasteiger partial charge in [0.15, 0.2) is 5.65 Å². The quantitative estimate of drug-likeness (QED) is 0.467. The molecule has 162 valence electrons. The molecule has 4 aromatic rings. The largest absolute Gasteiger partial charge is 0.493 e. The first-order chi connectivity index (χ1) is 15.6. The van der Waals surface area contributed by atoms with Gasteiger partial charge in [0, 0.05) is 30.1 Å². The predicted molar refractivity (Wildman–Crippen MR) is 121 cm³/mol. The fourth-order valence-electron chi connectivity index (χ4n) is 3.55. The van der Waals surface area contributed by atoms with E-state index in [1.54, 1.807) is 16.9 Å². The average Bonchev–Trinajstić information content (AvgIpc) is 3.55. The zero-order chi connectivity index (χ0) is 22.1. The summed E-state index contributed by atoms with van der Waals surface area (Å²) in [6.07, 6.45) is 6.00. The Morgan fingerprint density at radius 3 is 2.91 bits per heavy atom. The molecule has 3 heterocycles. The van der Waals surface area contributed by atoms with Gasteiger partial charge in [-0.1, -0.05) is 18.2 Å². The van der Waals surface area contributed by atoms with Crippen LogP contribution in [0.5, 0.6) is 5.75 Å². The summed E-state index contributed by atoms with van der Waals surface area (Å²) in [4.78, 5) is 21.6. The van der Waals surface area contributed by atoms with Crippen molar-refractivity contribution in [3.8, 4) is 16.9 Å². The molecular weight excluding hydrogens is 404 g/mol. The highest BCUT2D eigenvalue weighted by Crippen LogP contribution is 2.30. The van der Waals surface area contributed by atoms with Crippen LogP contribution >= 0.6 is 0 Å². The van der Waals surface area contributed by atoms with E-state index in [0.29, 0.717) is 29.4 Å². The second-order valence-electron chi connectivity index (χ2n) is 8.09. The third kappa shape index (κ3) is 4.25. The SMILES string of the molecule is Cc1ncc(-c2ccn3nc(N)nc3c2)cc1C(=O)NCc1ccccc1OCC1CC1. The maximum absolute atomic E-state index is 13.0. The van der Waals surface area contributed by atoms with Crippen molar-refractivity contribution in [3.05, 3.63) is 71.7 Å². The number of hydrogen-bond donors (Lipinski definition) is 2. The van der Waals surface area contributed by atoms with Gasteiger partial charge < -0.3 is 15.8 Å². The number of nitrogen functional groups attached to an aromatic ring is 1. The summed E-state index contributed by atoms with van der Waals surface area (Å²) >= 11 is 0. The van der Waals surface area contributed by atoms with Crippen molar-refractivity contribution in [2.45, 2.75) is 26.3 Å². The second kappa shape index (κ2) is 8.30. The van der Waals surface area contributed by atoms with Crippen LogP contribution in [0.4, 0.5) is 5.95 Å². The number of nitrogens with zero attached hydrogens (tertiary/aromatic N) is 4. The lowest BCUT2D eigenvalue weighted by atomic mass is 10.0. The molecule has 0 unspecified atom stereocenters. The van der Waals surface area contributed by atoms with E-state index in [1.807, 2.05) is 49.4 Å². The minimum absolute atomic E-state index is 0.179. The van der Waals surface area contributed by atoms with Gasteiger partial charge in [0.25, 0.3) is 5.91 Å². The van der Waals surface area contributed by atoms with Crippen LogP contribution in [0.2, 0.25) is 0 Å². The molecule has 1 aliphatic rings. The van der Waals surface area contributed by atoms with Gasteiger partial charge in [-0.25, -0.2) is 4.52 Å². The number of aromatic nitrogens is 4. The molecule has 0 spiro atoms. The summed E-state index contributed by atoms with van der Waals surface area (Å²) < 4.78 is 7.56. The molecule has 1 aliphatic carbocycles. The Hall–Kier alpha value is -3.94. The Morgan fingerprint density at radius 1 is 1.22 bits per heavy atom. The summed E-state index contributed by atoms with van der Waals surface area (Å²) in [5.74, 6) is 1.53. The first-order valence-electron chi connectivity index (χ1n) is 10.6. The van der Waals surface area contributed by atoms with Crippen LogP contribution in [0.3, 0.4) is 0 Å². The monoisotopic (exact) mass is 428 g/mol. The molecule has 1 fully saturated rings. The minimum Gasteiger partial charge on any atom is -0.493 e. The molecular formula is C24H24N6O2. The number of ether oxygens (including phenoxy) is 1. The minimum atomic E-state index is -0.179. The molecule has 0 aliphatic heterocycles. The molecule has 5 rings (SSSR count). The smallest absolute Gasteiger partial charge is 0.253 e. The van der Waals surface area contributed by atoms with E-state index in [2.05, 4.69) is 20.4 Å². The molecule has 8 heteroatoms. The fraction of sp³-hybridized carbons (Fsp3) is 0.250. The van der Waals surface area contributed by atoms with Gasteiger partial charge >= 0.3 is 0 Å². The summed E-state index contributed by atoms with van der Waals surface area (Å²) in [5.41, 5.74) is 10.2. The number of nitrogens with two attached hydrogens (primary N) is 1. The number of rotatable bonds is 7.